The third-order valence-electron chi connectivity index (χ3n) is 4.83. The second-order valence-electron chi connectivity index (χ2n) is 7.21. The van der Waals surface area contributed by atoms with E-state index in [-0.39, 0.29) is 30.0 Å². The van der Waals surface area contributed by atoms with E-state index in [1.807, 2.05) is 30.7 Å². The number of aliphatic imine (C=N–C) groups is 1. The molecule has 3 N–H and O–H groups in total. The number of aromatic hydroxyl groups is 1. The van der Waals surface area contributed by atoms with Crippen LogP contribution in [0.15, 0.2) is 17.1 Å². The van der Waals surface area contributed by atoms with Crippen LogP contribution in [0.1, 0.15) is 41.7 Å². The van der Waals surface area contributed by atoms with E-state index in [1.165, 1.54) is 0 Å². The van der Waals surface area contributed by atoms with Crippen molar-refractivity contribution in [3.8, 4) is 5.75 Å². The highest BCUT2D eigenvalue weighted by Crippen LogP contribution is 2.23. The summed E-state index contributed by atoms with van der Waals surface area (Å²) < 4.78 is 7.09. The molecule has 0 radical (unpaired) electrons. The van der Waals surface area contributed by atoms with E-state index in [2.05, 4.69) is 27.6 Å². The van der Waals surface area contributed by atoms with Crippen molar-refractivity contribution in [1.82, 2.24) is 25.4 Å². The standard InChI is InChI=1S/C20H30N6O2.HI/c1-5-21-20(22-10-15-8-13(2)19(27)14(3)9-15)23-16-6-7-18-24-17(12-28-4)25-26(18)11-16;/h8-9,16,27H,5-7,10-12H2,1-4H3,(H2,21,22,23);1H. The number of nitrogens with zero attached hydrogens (tertiary/aromatic N) is 4. The molecule has 0 bridgehead atoms. The van der Waals surface area contributed by atoms with E-state index in [0.29, 0.717) is 18.9 Å². The number of methoxy groups -OCH3 is 1. The number of fused-ring (bicyclic) bond motifs is 1. The zero-order valence-corrected chi connectivity index (χ0v) is 19.9. The van der Waals surface area contributed by atoms with E-state index in [9.17, 15) is 5.11 Å². The third kappa shape index (κ3) is 6.05. The van der Waals surface area contributed by atoms with Gasteiger partial charge in [-0.05, 0) is 43.9 Å². The van der Waals surface area contributed by atoms with Gasteiger partial charge in [0.05, 0.1) is 13.1 Å². The quantitative estimate of drug-likeness (QED) is 0.312. The number of rotatable bonds is 6. The Morgan fingerprint density at radius 1 is 1.34 bits per heavy atom. The average molecular weight is 514 g/mol. The van der Waals surface area contributed by atoms with Crippen LogP contribution in [0.4, 0.5) is 0 Å². The van der Waals surface area contributed by atoms with Crippen molar-refractivity contribution in [3.05, 3.63) is 40.5 Å². The van der Waals surface area contributed by atoms with Crippen molar-refractivity contribution in [3.63, 3.8) is 0 Å². The molecular formula is C20H31IN6O2. The average Bonchev–Trinajstić information content (AvgIpc) is 3.06. The van der Waals surface area contributed by atoms with Crippen LogP contribution in [0, 0.1) is 13.8 Å². The normalized spacial score (nSPS) is 16.1. The first-order valence-electron chi connectivity index (χ1n) is 9.75. The predicted molar refractivity (Wildman–Crippen MR) is 124 cm³/mol. The van der Waals surface area contributed by atoms with E-state index in [4.69, 9.17) is 9.73 Å². The molecule has 0 saturated heterocycles. The fourth-order valence-electron chi connectivity index (χ4n) is 3.49. The molecule has 1 aromatic heterocycles. The highest BCUT2D eigenvalue weighted by Gasteiger charge is 2.22. The number of hydrogen-bond acceptors (Lipinski definition) is 5. The second-order valence-corrected chi connectivity index (χ2v) is 7.21. The lowest BCUT2D eigenvalue weighted by Gasteiger charge is -2.25. The molecule has 2 aromatic rings. The van der Waals surface area contributed by atoms with Crippen molar-refractivity contribution in [2.24, 2.45) is 4.99 Å². The van der Waals surface area contributed by atoms with Gasteiger partial charge in [0.15, 0.2) is 11.8 Å². The third-order valence-corrected chi connectivity index (χ3v) is 4.83. The Morgan fingerprint density at radius 2 is 2.07 bits per heavy atom. The molecule has 2 heterocycles. The van der Waals surface area contributed by atoms with Crippen molar-refractivity contribution in [1.29, 1.82) is 0 Å². The number of phenols is 1. The van der Waals surface area contributed by atoms with Crippen LogP contribution in [0.25, 0.3) is 0 Å². The Balaban J connectivity index is 0.00000300. The highest BCUT2D eigenvalue weighted by atomic mass is 127. The predicted octanol–water partition coefficient (Wildman–Crippen LogP) is 2.44. The number of nitrogens with one attached hydrogen (secondary N) is 2. The minimum atomic E-state index is 0. The number of hydrogen-bond donors (Lipinski definition) is 3. The first-order valence-corrected chi connectivity index (χ1v) is 9.75. The fraction of sp³-hybridized carbons (Fsp3) is 0.550. The van der Waals surface area contributed by atoms with E-state index in [0.717, 1.165) is 60.2 Å². The second kappa shape index (κ2) is 10.8. The molecule has 0 saturated carbocycles. The Morgan fingerprint density at radius 3 is 2.72 bits per heavy atom. The van der Waals surface area contributed by atoms with Gasteiger partial charge in [0, 0.05) is 26.1 Å². The maximum absolute atomic E-state index is 9.94. The summed E-state index contributed by atoms with van der Waals surface area (Å²) in [5.74, 6) is 2.90. The molecule has 0 spiro atoms. The monoisotopic (exact) mass is 514 g/mol. The number of aryl methyl sites for hydroxylation is 3. The van der Waals surface area contributed by atoms with E-state index >= 15 is 0 Å². The van der Waals surface area contributed by atoms with E-state index < -0.39 is 0 Å². The van der Waals surface area contributed by atoms with Gasteiger partial charge < -0.3 is 20.5 Å². The molecular weight excluding hydrogens is 483 g/mol. The minimum absolute atomic E-state index is 0. The lowest BCUT2D eigenvalue weighted by Crippen LogP contribution is -2.47. The Bertz CT molecular complexity index is 828. The van der Waals surface area contributed by atoms with Gasteiger partial charge in [-0.15, -0.1) is 24.0 Å². The summed E-state index contributed by atoms with van der Waals surface area (Å²) in [5, 5.41) is 21.3. The number of ether oxygens (including phenoxy) is 1. The molecule has 3 rings (SSSR count). The van der Waals surface area contributed by atoms with Crippen molar-refractivity contribution in [2.45, 2.75) is 59.4 Å². The SMILES string of the molecule is CCNC(=NCc1cc(C)c(O)c(C)c1)NC1CCc2nc(COC)nn2C1.I. The molecule has 1 atom stereocenters. The lowest BCUT2D eigenvalue weighted by atomic mass is 10.1. The van der Waals surface area contributed by atoms with Crippen LogP contribution < -0.4 is 10.6 Å². The summed E-state index contributed by atoms with van der Waals surface area (Å²) >= 11 is 0. The topological polar surface area (TPSA) is 96.6 Å². The maximum Gasteiger partial charge on any atom is 0.191 e. The van der Waals surface area contributed by atoms with Crippen molar-refractivity contribution in [2.75, 3.05) is 13.7 Å². The minimum Gasteiger partial charge on any atom is -0.507 e. The zero-order valence-electron chi connectivity index (χ0n) is 17.5. The van der Waals surface area contributed by atoms with Crippen LogP contribution in [-0.2, 0) is 30.9 Å². The molecule has 8 nitrogen and oxygen atoms in total. The van der Waals surface area contributed by atoms with Crippen molar-refractivity contribution >= 4 is 29.9 Å². The van der Waals surface area contributed by atoms with Gasteiger partial charge in [-0.3, -0.25) is 0 Å². The van der Waals surface area contributed by atoms with Gasteiger partial charge in [0.25, 0.3) is 0 Å². The van der Waals surface area contributed by atoms with Crippen molar-refractivity contribution < 1.29 is 9.84 Å². The molecule has 0 amide bonds. The number of halogens is 1. The molecule has 1 aromatic carbocycles. The molecule has 1 aliphatic rings. The van der Waals surface area contributed by atoms with Gasteiger partial charge in [-0.25, -0.2) is 14.7 Å². The van der Waals surface area contributed by atoms with Gasteiger partial charge in [-0.2, -0.15) is 5.10 Å². The van der Waals surface area contributed by atoms with Gasteiger partial charge in [0.2, 0.25) is 0 Å². The fourth-order valence-corrected chi connectivity index (χ4v) is 3.49. The van der Waals surface area contributed by atoms with Crippen LogP contribution >= 0.6 is 24.0 Å². The maximum atomic E-state index is 9.94. The molecule has 0 aliphatic carbocycles. The number of guanidine groups is 1. The summed E-state index contributed by atoms with van der Waals surface area (Å²) in [6.45, 7) is 8.42. The first-order chi connectivity index (χ1) is 13.5. The molecule has 29 heavy (non-hydrogen) atoms. The Hall–Kier alpha value is -1.88. The molecule has 1 aliphatic heterocycles. The zero-order chi connectivity index (χ0) is 20.1. The number of aromatic nitrogens is 3. The Labute approximate surface area is 189 Å². The van der Waals surface area contributed by atoms with Crippen LogP contribution in [0.5, 0.6) is 5.75 Å². The summed E-state index contributed by atoms with van der Waals surface area (Å²) in [4.78, 5) is 9.25. The highest BCUT2D eigenvalue weighted by molar-refractivity contribution is 14.0. The Kier molecular flexibility index (Phi) is 8.69. The molecule has 1 unspecified atom stereocenters. The van der Waals surface area contributed by atoms with E-state index in [1.54, 1.807) is 7.11 Å². The van der Waals surface area contributed by atoms with Gasteiger partial charge in [-0.1, -0.05) is 12.1 Å². The number of phenolic OH excluding ortho intramolecular Hbond substituents is 1. The molecule has 0 fully saturated rings. The largest absolute Gasteiger partial charge is 0.507 e. The van der Waals surface area contributed by atoms with Crippen LogP contribution in [0.2, 0.25) is 0 Å². The summed E-state index contributed by atoms with van der Waals surface area (Å²) in [6, 6.07) is 4.20. The van der Waals surface area contributed by atoms with Crippen LogP contribution in [0.3, 0.4) is 0 Å². The van der Waals surface area contributed by atoms with Crippen LogP contribution in [-0.4, -0.2) is 45.5 Å². The summed E-state index contributed by atoms with van der Waals surface area (Å²) in [7, 11) is 1.65. The van der Waals surface area contributed by atoms with Gasteiger partial charge in [0.1, 0.15) is 18.2 Å². The van der Waals surface area contributed by atoms with Gasteiger partial charge >= 0.3 is 0 Å². The smallest absolute Gasteiger partial charge is 0.191 e. The first kappa shape index (κ1) is 23.4. The summed E-state index contributed by atoms with van der Waals surface area (Å²) in [6.07, 6.45) is 1.86. The molecule has 160 valence electrons. The molecule has 9 heteroatoms. The summed E-state index contributed by atoms with van der Waals surface area (Å²) in [5.41, 5.74) is 2.83. The number of benzene rings is 1. The lowest BCUT2D eigenvalue weighted by molar-refractivity contribution is 0.177.